The molecule has 2 aromatic carbocycles. The van der Waals surface area contributed by atoms with Crippen LogP contribution >= 0.6 is 34.3 Å². The van der Waals surface area contributed by atoms with Gasteiger partial charge in [0, 0.05) is 4.88 Å². The third-order valence-electron chi connectivity index (χ3n) is 6.18. The maximum Gasteiger partial charge on any atom is 0.338 e. The van der Waals surface area contributed by atoms with Gasteiger partial charge in [0.25, 0.3) is 5.56 Å². The number of methoxy groups -OCH3 is 1. The second-order valence-corrected chi connectivity index (χ2v) is 11.2. The maximum absolute atomic E-state index is 13.7. The Morgan fingerprint density at radius 1 is 1.23 bits per heavy atom. The molecular weight excluding hydrogens is 575 g/mol. The zero-order chi connectivity index (χ0) is 28.4. The molecule has 0 aliphatic carbocycles. The normalized spacial score (nSPS) is 15.0. The van der Waals surface area contributed by atoms with Gasteiger partial charge >= 0.3 is 5.97 Å². The van der Waals surface area contributed by atoms with Crippen molar-refractivity contribution < 1.29 is 23.4 Å². The van der Waals surface area contributed by atoms with Crippen molar-refractivity contribution in [2.75, 3.05) is 13.7 Å². The Hall–Kier alpha value is -3.73. The Labute approximate surface area is 242 Å². The summed E-state index contributed by atoms with van der Waals surface area (Å²) in [5.41, 5.74) is 1.95. The molecule has 0 spiro atoms. The first kappa shape index (κ1) is 27.8. The number of allylic oxidation sites excluding steroid dienone is 1. The van der Waals surface area contributed by atoms with Gasteiger partial charge in [-0.1, -0.05) is 41.1 Å². The van der Waals surface area contributed by atoms with Gasteiger partial charge in [0.1, 0.15) is 18.5 Å². The van der Waals surface area contributed by atoms with Crippen molar-refractivity contribution in [3.63, 3.8) is 0 Å². The van der Waals surface area contributed by atoms with E-state index in [9.17, 15) is 14.0 Å². The lowest BCUT2D eigenvalue weighted by molar-refractivity contribution is -0.139. The summed E-state index contributed by atoms with van der Waals surface area (Å²) >= 11 is 9.24. The van der Waals surface area contributed by atoms with Crippen LogP contribution in [-0.4, -0.2) is 24.3 Å². The highest BCUT2D eigenvalue weighted by Gasteiger charge is 2.33. The Morgan fingerprint density at radius 2 is 2.00 bits per heavy atom. The molecule has 1 atom stereocenters. The predicted octanol–water partition coefficient (Wildman–Crippen LogP) is 5.24. The minimum Gasteiger partial charge on any atom is -0.493 e. The highest BCUT2D eigenvalue weighted by Crippen LogP contribution is 2.37. The first-order valence-electron chi connectivity index (χ1n) is 12.3. The number of carbonyl (C=O) groups excluding carboxylic acids is 1. The molecule has 7 nitrogen and oxygen atoms in total. The molecule has 40 heavy (non-hydrogen) atoms. The van der Waals surface area contributed by atoms with E-state index in [1.807, 2.05) is 17.5 Å². The van der Waals surface area contributed by atoms with Gasteiger partial charge in [0.2, 0.25) is 0 Å². The molecule has 0 saturated heterocycles. The fraction of sp³-hybridized carbons (Fsp3) is 0.207. The van der Waals surface area contributed by atoms with Gasteiger partial charge in [-0.25, -0.2) is 14.2 Å². The summed E-state index contributed by atoms with van der Waals surface area (Å²) < 4.78 is 31.9. The van der Waals surface area contributed by atoms with Crippen LogP contribution in [0.1, 0.15) is 35.9 Å². The van der Waals surface area contributed by atoms with E-state index in [-0.39, 0.29) is 29.6 Å². The summed E-state index contributed by atoms with van der Waals surface area (Å²) in [6.45, 7) is 3.86. The summed E-state index contributed by atoms with van der Waals surface area (Å²) in [5.74, 6) is -0.114. The molecule has 4 aromatic rings. The zero-order valence-electron chi connectivity index (χ0n) is 21.8. The van der Waals surface area contributed by atoms with Crippen LogP contribution in [0.25, 0.3) is 6.08 Å². The molecule has 0 fully saturated rings. The lowest BCUT2D eigenvalue weighted by Crippen LogP contribution is -2.39. The number of thiophene rings is 1. The highest BCUT2D eigenvalue weighted by atomic mass is 35.5. The molecule has 0 N–H and O–H groups in total. The van der Waals surface area contributed by atoms with Gasteiger partial charge in [-0.15, -0.1) is 11.3 Å². The van der Waals surface area contributed by atoms with E-state index in [1.54, 1.807) is 48.8 Å². The minimum absolute atomic E-state index is 0.166. The molecule has 206 valence electrons. The lowest BCUT2D eigenvalue weighted by atomic mass is 10.0. The largest absolute Gasteiger partial charge is 0.493 e. The number of aromatic nitrogens is 1. The third-order valence-corrected chi connectivity index (χ3v) is 8.36. The van der Waals surface area contributed by atoms with Crippen molar-refractivity contribution in [1.82, 2.24) is 4.57 Å². The van der Waals surface area contributed by atoms with E-state index in [0.29, 0.717) is 37.7 Å². The smallest absolute Gasteiger partial charge is 0.338 e. The standard InChI is InChI=1S/C29H24ClFN2O5S2/c1-4-37-28(35)24-16(2)32-29-33(25(24)22-6-5-11-39-22)27(34)23(40-29)14-18-12-20(30)26(21(13-18)36-3)38-15-17-7-9-19(31)10-8-17/h5-14,25H,4,15H2,1-3H3/b23-14-/t25-/m1/s1. The number of halogens is 2. The summed E-state index contributed by atoms with van der Waals surface area (Å²) in [5, 5.41) is 2.19. The van der Waals surface area contributed by atoms with E-state index < -0.39 is 12.0 Å². The predicted molar refractivity (Wildman–Crippen MR) is 153 cm³/mol. The molecule has 1 aliphatic rings. The molecule has 0 bridgehead atoms. The minimum atomic E-state index is -0.641. The summed E-state index contributed by atoms with van der Waals surface area (Å²) in [6, 6.07) is 12.5. The van der Waals surface area contributed by atoms with Crippen molar-refractivity contribution >= 4 is 46.3 Å². The summed E-state index contributed by atoms with van der Waals surface area (Å²) in [7, 11) is 1.49. The van der Waals surface area contributed by atoms with E-state index in [0.717, 1.165) is 10.4 Å². The SMILES string of the molecule is CCOC(=O)C1=C(C)N=c2s/c(=C\c3cc(Cl)c(OCc4ccc(F)cc4)c(OC)c3)c(=O)n2[C@@H]1c1cccs1. The highest BCUT2D eigenvalue weighted by molar-refractivity contribution is 7.10. The second kappa shape index (κ2) is 11.8. The van der Waals surface area contributed by atoms with Gasteiger partial charge in [0.05, 0.1) is 34.5 Å². The van der Waals surface area contributed by atoms with Gasteiger partial charge in [-0.3, -0.25) is 9.36 Å². The van der Waals surface area contributed by atoms with Crippen LogP contribution in [0.5, 0.6) is 11.5 Å². The van der Waals surface area contributed by atoms with Gasteiger partial charge < -0.3 is 14.2 Å². The van der Waals surface area contributed by atoms with Crippen LogP contribution in [0.15, 0.2) is 75.0 Å². The van der Waals surface area contributed by atoms with Crippen molar-refractivity contribution in [1.29, 1.82) is 0 Å². The Morgan fingerprint density at radius 3 is 2.67 bits per heavy atom. The Balaban J connectivity index is 1.54. The zero-order valence-corrected chi connectivity index (χ0v) is 24.2. The summed E-state index contributed by atoms with van der Waals surface area (Å²) in [4.78, 5) is 32.6. The molecule has 0 unspecified atom stereocenters. The lowest BCUT2D eigenvalue weighted by Gasteiger charge is -2.23. The first-order valence-corrected chi connectivity index (χ1v) is 14.4. The number of nitrogens with zero attached hydrogens (tertiary/aromatic N) is 2. The number of thiazole rings is 1. The molecule has 0 amide bonds. The fourth-order valence-electron chi connectivity index (χ4n) is 4.36. The number of carbonyl (C=O) groups is 1. The third kappa shape index (κ3) is 5.47. The van der Waals surface area contributed by atoms with Crippen LogP contribution in [0, 0.1) is 5.82 Å². The van der Waals surface area contributed by atoms with Crippen LogP contribution in [0.3, 0.4) is 0 Å². The van der Waals surface area contributed by atoms with Crippen molar-refractivity contribution in [2.24, 2.45) is 4.99 Å². The average molecular weight is 599 g/mol. The van der Waals surface area contributed by atoms with Gasteiger partial charge in [0.15, 0.2) is 16.3 Å². The molecule has 0 radical (unpaired) electrons. The van der Waals surface area contributed by atoms with Crippen LogP contribution < -0.4 is 24.4 Å². The molecule has 0 saturated carbocycles. The average Bonchev–Trinajstić information content (AvgIpc) is 3.56. The first-order chi connectivity index (χ1) is 19.3. The van der Waals surface area contributed by atoms with Crippen LogP contribution in [-0.2, 0) is 16.1 Å². The number of esters is 1. The van der Waals surface area contributed by atoms with Crippen LogP contribution in [0.2, 0.25) is 5.02 Å². The topological polar surface area (TPSA) is 79.1 Å². The number of hydrogen-bond acceptors (Lipinski definition) is 8. The van der Waals surface area contributed by atoms with Gasteiger partial charge in [-0.05, 0) is 66.8 Å². The molecule has 3 heterocycles. The van der Waals surface area contributed by atoms with E-state index in [4.69, 9.17) is 25.8 Å². The fourth-order valence-corrected chi connectivity index (χ4v) is 6.50. The molecule has 5 rings (SSSR count). The number of ether oxygens (including phenoxy) is 3. The Bertz CT molecular complexity index is 1780. The number of rotatable bonds is 8. The number of fused-ring (bicyclic) bond motifs is 1. The van der Waals surface area contributed by atoms with E-state index >= 15 is 0 Å². The van der Waals surface area contributed by atoms with Crippen LogP contribution in [0.4, 0.5) is 4.39 Å². The van der Waals surface area contributed by atoms with Crippen molar-refractivity contribution in [3.8, 4) is 11.5 Å². The number of benzene rings is 2. The maximum atomic E-state index is 13.7. The quantitative estimate of drug-likeness (QED) is 0.259. The molecular formula is C29H24ClFN2O5S2. The summed E-state index contributed by atoms with van der Waals surface area (Å²) in [6.07, 6.45) is 1.71. The van der Waals surface area contributed by atoms with E-state index in [2.05, 4.69) is 4.99 Å². The second-order valence-electron chi connectivity index (χ2n) is 8.77. The molecule has 11 heteroatoms. The monoisotopic (exact) mass is 598 g/mol. The van der Waals surface area contributed by atoms with E-state index in [1.165, 1.54) is 41.9 Å². The Kier molecular flexibility index (Phi) is 8.20. The van der Waals surface area contributed by atoms with Crippen molar-refractivity contribution in [3.05, 3.63) is 112 Å². The molecule has 2 aromatic heterocycles. The molecule has 1 aliphatic heterocycles. The number of hydrogen-bond donors (Lipinski definition) is 0. The van der Waals surface area contributed by atoms with Crippen molar-refractivity contribution in [2.45, 2.75) is 26.5 Å². The van der Waals surface area contributed by atoms with Gasteiger partial charge in [-0.2, -0.15) is 0 Å².